The minimum absolute atomic E-state index is 0.135. The maximum atomic E-state index is 12.3. The number of para-hydroxylation sites is 2. The van der Waals surface area contributed by atoms with E-state index in [-0.39, 0.29) is 12.1 Å². The highest BCUT2D eigenvalue weighted by atomic mass is 16.6. The van der Waals surface area contributed by atoms with E-state index in [2.05, 4.69) is 5.32 Å². The van der Waals surface area contributed by atoms with Crippen molar-refractivity contribution in [2.24, 2.45) is 0 Å². The number of nitrogens with one attached hydrogen (secondary N) is 1. The van der Waals surface area contributed by atoms with Crippen molar-refractivity contribution in [1.29, 1.82) is 0 Å². The number of hydrogen-bond acceptors (Lipinski definition) is 4. The molecule has 1 heterocycles. The van der Waals surface area contributed by atoms with E-state index in [1.54, 1.807) is 11.9 Å². The first-order valence-electron chi connectivity index (χ1n) is 8.66. The number of rotatable bonds is 5. The molecule has 0 saturated heterocycles. The van der Waals surface area contributed by atoms with E-state index in [0.29, 0.717) is 25.4 Å². The van der Waals surface area contributed by atoms with Gasteiger partial charge in [0.15, 0.2) is 17.6 Å². The van der Waals surface area contributed by atoms with Gasteiger partial charge in [-0.2, -0.15) is 0 Å². The normalized spacial score (nSPS) is 15.3. The summed E-state index contributed by atoms with van der Waals surface area (Å²) in [4.78, 5) is 16.0. The Morgan fingerprint density at radius 1 is 1.08 bits per heavy atom. The summed E-state index contributed by atoms with van der Waals surface area (Å²) in [5.41, 5.74) is 2.22. The van der Waals surface area contributed by atoms with Crippen LogP contribution in [0.3, 0.4) is 0 Å². The lowest BCUT2D eigenvalue weighted by atomic mass is 10.2. The quantitative estimate of drug-likeness (QED) is 0.896. The second-order valence-corrected chi connectivity index (χ2v) is 6.60. The number of hydrogen-bond donors (Lipinski definition) is 1. The molecular weight excluding hydrogens is 330 g/mol. The minimum Gasteiger partial charge on any atom is -0.486 e. The fourth-order valence-electron chi connectivity index (χ4n) is 2.74. The van der Waals surface area contributed by atoms with Gasteiger partial charge in [0.2, 0.25) is 0 Å². The number of amides is 2. The molecule has 3 rings (SSSR count). The van der Waals surface area contributed by atoms with E-state index in [1.807, 2.05) is 67.5 Å². The van der Waals surface area contributed by atoms with Gasteiger partial charge in [-0.25, -0.2) is 4.79 Å². The first-order chi connectivity index (χ1) is 12.5. The smallest absolute Gasteiger partial charge is 0.317 e. The van der Waals surface area contributed by atoms with Crippen LogP contribution in [-0.4, -0.2) is 51.3 Å². The highest BCUT2D eigenvalue weighted by Gasteiger charge is 2.21. The largest absolute Gasteiger partial charge is 0.486 e. The molecule has 0 fully saturated rings. The van der Waals surface area contributed by atoms with E-state index in [0.717, 1.165) is 17.0 Å². The van der Waals surface area contributed by atoms with Gasteiger partial charge < -0.3 is 24.6 Å². The van der Waals surface area contributed by atoms with Crippen molar-refractivity contribution in [1.82, 2.24) is 10.2 Å². The lowest BCUT2D eigenvalue weighted by Crippen LogP contribution is -2.44. The summed E-state index contributed by atoms with van der Waals surface area (Å²) in [5, 5.41) is 2.91. The van der Waals surface area contributed by atoms with Gasteiger partial charge in [0.1, 0.15) is 6.61 Å². The Hall–Kier alpha value is -2.89. The van der Waals surface area contributed by atoms with Crippen molar-refractivity contribution >= 4 is 11.7 Å². The molecule has 6 heteroatoms. The molecule has 0 bridgehead atoms. The number of carbonyl (C=O) groups is 1. The number of urea groups is 1. The van der Waals surface area contributed by atoms with Crippen molar-refractivity contribution in [2.75, 3.05) is 39.2 Å². The van der Waals surface area contributed by atoms with Crippen LogP contribution in [0.25, 0.3) is 0 Å². The zero-order chi connectivity index (χ0) is 18.5. The lowest BCUT2D eigenvalue weighted by molar-refractivity contribution is 0.0904. The number of carbonyl (C=O) groups excluding carboxylic acids is 1. The second-order valence-electron chi connectivity index (χ2n) is 6.60. The van der Waals surface area contributed by atoms with Crippen LogP contribution in [0.5, 0.6) is 11.5 Å². The van der Waals surface area contributed by atoms with E-state index in [9.17, 15) is 4.79 Å². The average molecular weight is 355 g/mol. The number of nitrogens with zero attached hydrogens (tertiary/aromatic N) is 2. The van der Waals surface area contributed by atoms with Gasteiger partial charge >= 0.3 is 6.03 Å². The summed E-state index contributed by atoms with van der Waals surface area (Å²) in [6, 6.07) is 15.6. The molecular formula is C20H25N3O3. The number of benzene rings is 2. The SMILES string of the molecule is CN(Cc1ccc(N(C)C)cc1)C(=O)NCC1COc2ccccc2O1. The maximum Gasteiger partial charge on any atom is 0.317 e. The summed E-state index contributed by atoms with van der Waals surface area (Å²) in [6.07, 6.45) is -0.193. The fraction of sp³-hybridized carbons (Fsp3) is 0.350. The summed E-state index contributed by atoms with van der Waals surface area (Å²) in [5.74, 6) is 1.46. The molecule has 26 heavy (non-hydrogen) atoms. The summed E-state index contributed by atoms with van der Waals surface area (Å²) >= 11 is 0. The molecule has 0 saturated carbocycles. The van der Waals surface area contributed by atoms with Crippen molar-refractivity contribution < 1.29 is 14.3 Å². The van der Waals surface area contributed by atoms with E-state index < -0.39 is 0 Å². The van der Waals surface area contributed by atoms with Crippen LogP contribution < -0.4 is 19.7 Å². The Balaban J connectivity index is 1.47. The molecule has 0 spiro atoms. The Labute approximate surface area is 154 Å². The summed E-state index contributed by atoms with van der Waals surface area (Å²) < 4.78 is 11.5. The van der Waals surface area contributed by atoms with Gasteiger partial charge in [-0.15, -0.1) is 0 Å². The zero-order valence-corrected chi connectivity index (χ0v) is 15.4. The Morgan fingerprint density at radius 2 is 1.77 bits per heavy atom. The summed E-state index contributed by atoms with van der Waals surface area (Å²) in [7, 11) is 5.79. The Morgan fingerprint density at radius 3 is 2.46 bits per heavy atom. The maximum absolute atomic E-state index is 12.3. The van der Waals surface area contributed by atoms with E-state index in [4.69, 9.17) is 9.47 Å². The van der Waals surface area contributed by atoms with Crippen molar-refractivity contribution in [3.8, 4) is 11.5 Å². The Bertz CT molecular complexity index is 746. The second kappa shape index (κ2) is 7.99. The molecule has 2 aromatic rings. The third-order valence-corrected chi connectivity index (χ3v) is 4.27. The van der Waals surface area contributed by atoms with Crippen molar-refractivity contribution in [2.45, 2.75) is 12.6 Å². The fourth-order valence-corrected chi connectivity index (χ4v) is 2.74. The van der Waals surface area contributed by atoms with E-state index >= 15 is 0 Å². The average Bonchev–Trinajstić information content (AvgIpc) is 2.66. The van der Waals surface area contributed by atoms with E-state index in [1.165, 1.54) is 0 Å². The molecule has 1 aliphatic rings. The van der Waals surface area contributed by atoms with Gasteiger partial charge in [-0.3, -0.25) is 0 Å². The molecule has 1 aliphatic heterocycles. The molecule has 0 radical (unpaired) electrons. The standard InChI is InChI=1S/C20H25N3O3/c1-22(2)16-10-8-15(9-11-16)13-23(3)20(24)21-12-17-14-25-18-6-4-5-7-19(18)26-17/h4-11,17H,12-14H2,1-3H3,(H,21,24). The Kier molecular flexibility index (Phi) is 5.51. The number of ether oxygens (including phenoxy) is 2. The van der Waals surface area contributed by atoms with Crippen molar-refractivity contribution in [3.63, 3.8) is 0 Å². The molecule has 2 amide bonds. The monoisotopic (exact) mass is 355 g/mol. The molecule has 0 aromatic heterocycles. The highest BCUT2D eigenvalue weighted by Crippen LogP contribution is 2.30. The first kappa shape index (κ1) is 17.9. The molecule has 1 unspecified atom stereocenters. The highest BCUT2D eigenvalue weighted by molar-refractivity contribution is 5.73. The third-order valence-electron chi connectivity index (χ3n) is 4.27. The predicted octanol–water partition coefficient (Wildman–Crippen LogP) is 2.73. The minimum atomic E-state index is -0.193. The summed E-state index contributed by atoms with van der Waals surface area (Å²) in [6.45, 7) is 1.37. The number of fused-ring (bicyclic) bond motifs is 1. The topological polar surface area (TPSA) is 54.0 Å². The van der Waals surface area contributed by atoms with Crippen molar-refractivity contribution in [3.05, 3.63) is 54.1 Å². The molecule has 1 atom stereocenters. The van der Waals surface area contributed by atoms with Gasteiger partial charge in [-0.05, 0) is 29.8 Å². The van der Waals surface area contributed by atoms with Crippen LogP contribution in [-0.2, 0) is 6.54 Å². The van der Waals surface area contributed by atoms with Gasteiger partial charge in [0.25, 0.3) is 0 Å². The van der Waals surface area contributed by atoms with Crippen LogP contribution >= 0.6 is 0 Å². The molecule has 138 valence electrons. The van der Waals surface area contributed by atoms with Gasteiger partial charge in [0.05, 0.1) is 6.54 Å². The molecule has 0 aliphatic carbocycles. The zero-order valence-electron chi connectivity index (χ0n) is 15.4. The predicted molar refractivity (Wildman–Crippen MR) is 102 cm³/mol. The van der Waals surface area contributed by atoms with Crippen LogP contribution in [0.1, 0.15) is 5.56 Å². The number of anilines is 1. The lowest BCUT2D eigenvalue weighted by Gasteiger charge is -2.27. The molecule has 6 nitrogen and oxygen atoms in total. The molecule has 2 aromatic carbocycles. The van der Waals surface area contributed by atoms with Gasteiger partial charge in [-0.1, -0.05) is 24.3 Å². The third kappa shape index (κ3) is 4.39. The van der Waals surface area contributed by atoms with Crippen LogP contribution in [0.15, 0.2) is 48.5 Å². The van der Waals surface area contributed by atoms with Crippen LogP contribution in [0.4, 0.5) is 10.5 Å². The van der Waals surface area contributed by atoms with Crippen LogP contribution in [0, 0.1) is 0 Å². The van der Waals surface area contributed by atoms with Gasteiger partial charge in [0, 0.05) is 33.4 Å². The molecule has 1 N–H and O–H groups in total. The first-order valence-corrected chi connectivity index (χ1v) is 8.66. The van der Waals surface area contributed by atoms with Crippen LogP contribution in [0.2, 0.25) is 0 Å².